The van der Waals surface area contributed by atoms with E-state index in [-0.39, 0.29) is 16.7 Å². The molecule has 3 rings (SSSR count). The maximum absolute atomic E-state index is 10.8. The second-order valence-corrected chi connectivity index (χ2v) is 22.0. The summed E-state index contributed by atoms with van der Waals surface area (Å²) in [6.07, 6.45) is -0.553. The minimum Gasteiger partial charge on any atom is -0.414 e. The molecule has 0 radical (unpaired) electrons. The van der Waals surface area contributed by atoms with E-state index < -0.39 is 41.1 Å². The number of aromatic nitrogens is 4. The van der Waals surface area contributed by atoms with Gasteiger partial charge in [-0.15, -0.1) is 0 Å². The van der Waals surface area contributed by atoms with E-state index >= 15 is 0 Å². The lowest BCUT2D eigenvalue weighted by molar-refractivity contribution is -0.0491. The molecule has 186 valence electrons. The van der Waals surface area contributed by atoms with Gasteiger partial charge in [0.05, 0.1) is 12.9 Å². The van der Waals surface area contributed by atoms with Crippen molar-refractivity contribution in [3.8, 4) is 0 Å². The zero-order chi connectivity index (χ0) is 25.0. The summed E-state index contributed by atoms with van der Waals surface area (Å²) in [6, 6.07) is 0. The second-order valence-electron chi connectivity index (χ2n) is 12.2. The Bertz CT molecular complexity index is 983. The molecule has 4 atom stereocenters. The summed E-state index contributed by atoms with van der Waals surface area (Å²) in [5.74, 6) is 0.677. The number of aliphatic hydroxyl groups is 2. The van der Waals surface area contributed by atoms with Crippen LogP contribution < -0.4 is 4.98 Å². The van der Waals surface area contributed by atoms with Gasteiger partial charge in [0.2, 0.25) is 0 Å². The maximum Gasteiger partial charge on any atom is 0.192 e. The van der Waals surface area contributed by atoms with Gasteiger partial charge in [-0.05, 0) is 23.2 Å². The molecule has 0 spiro atoms. The zero-order valence-electron chi connectivity index (χ0n) is 21.7. The van der Waals surface area contributed by atoms with Crippen LogP contribution in [0.15, 0.2) is 12.7 Å². The van der Waals surface area contributed by atoms with Crippen molar-refractivity contribution in [2.24, 2.45) is 0 Å². The quantitative estimate of drug-likeness (QED) is 0.517. The molecule has 1 aliphatic heterocycles. The van der Waals surface area contributed by atoms with Gasteiger partial charge < -0.3 is 24.4 Å². The van der Waals surface area contributed by atoms with Crippen molar-refractivity contribution >= 4 is 33.5 Å². The zero-order valence-corrected chi connectivity index (χ0v) is 23.7. The van der Waals surface area contributed by atoms with Crippen molar-refractivity contribution < 1.29 is 19.4 Å². The second kappa shape index (κ2) is 8.69. The number of ether oxygens (including phenoxy) is 1. The highest BCUT2D eigenvalue weighted by Crippen LogP contribution is 2.39. The Morgan fingerprint density at radius 3 is 2.21 bits per heavy atom. The minimum absolute atomic E-state index is 0.0413. The van der Waals surface area contributed by atoms with Crippen molar-refractivity contribution in [2.75, 3.05) is 11.6 Å². The van der Waals surface area contributed by atoms with E-state index in [1.807, 2.05) is 0 Å². The van der Waals surface area contributed by atoms with Crippen LogP contribution in [-0.4, -0.2) is 71.2 Å². The molecule has 2 aromatic heterocycles. The predicted octanol–water partition coefficient (Wildman–Crippen LogP) is 3.88. The van der Waals surface area contributed by atoms with E-state index in [1.165, 1.54) is 6.33 Å². The van der Waals surface area contributed by atoms with Gasteiger partial charge in [-0.3, -0.25) is 4.57 Å². The first-order valence-electron chi connectivity index (χ1n) is 11.6. The lowest BCUT2D eigenvalue weighted by atomic mass is 10.1. The summed E-state index contributed by atoms with van der Waals surface area (Å²) in [6.45, 7) is 22.2. The van der Waals surface area contributed by atoms with E-state index in [0.29, 0.717) is 17.0 Å². The fourth-order valence-corrected chi connectivity index (χ4v) is 5.38. The molecule has 1 saturated heterocycles. The molecule has 0 saturated carbocycles. The number of fused-ring (bicyclic) bond motifs is 1. The molecule has 0 aliphatic carbocycles. The van der Waals surface area contributed by atoms with Gasteiger partial charge in [0.25, 0.3) is 0 Å². The Balaban J connectivity index is 1.84. The minimum atomic E-state index is -2.02. The highest BCUT2D eigenvalue weighted by atomic mass is 28.4. The number of hydrogen-bond acceptors (Lipinski definition) is 8. The normalized spacial score (nSPS) is 25.1. The van der Waals surface area contributed by atoms with Gasteiger partial charge in [0, 0.05) is 0 Å². The van der Waals surface area contributed by atoms with Crippen molar-refractivity contribution in [1.29, 1.82) is 0 Å². The summed E-state index contributed by atoms with van der Waals surface area (Å²) in [7, 11) is -3.91. The summed E-state index contributed by atoms with van der Waals surface area (Å²) < 4.78 is 14.0. The number of imidazole rings is 1. The fourth-order valence-electron chi connectivity index (χ4n) is 3.22. The average molecular weight is 496 g/mol. The summed E-state index contributed by atoms with van der Waals surface area (Å²) in [5, 5.41) is 21.6. The molecule has 0 unspecified atom stereocenters. The monoisotopic (exact) mass is 495 g/mol. The Labute approximate surface area is 199 Å². The average Bonchev–Trinajstić information content (AvgIpc) is 3.21. The lowest BCUT2D eigenvalue weighted by Crippen LogP contribution is -2.46. The van der Waals surface area contributed by atoms with Crippen LogP contribution >= 0.6 is 0 Å². The van der Waals surface area contributed by atoms with E-state index in [9.17, 15) is 10.2 Å². The van der Waals surface area contributed by atoms with Crippen LogP contribution in [0, 0.1) is 0 Å². The summed E-state index contributed by atoms with van der Waals surface area (Å²) in [4.78, 5) is 17.0. The van der Waals surface area contributed by atoms with Crippen LogP contribution in [0.2, 0.25) is 36.3 Å². The van der Waals surface area contributed by atoms with Gasteiger partial charge in [0.1, 0.15) is 36.0 Å². The van der Waals surface area contributed by atoms with Crippen molar-refractivity contribution in [3.63, 3.8) is 0 Å². The first-order chi connectivity index (χ1) is 15.0. The third-order valence-electron chi connectivity index (χ3n) is 7.69. The van der Waals surface area contributed by atoms with Gasteiger partial charge >= 0.3 is 0 Å². The smallest absolute Gasteiger partial charge is 0.192 e. The summed E-state index contributed by atoms with van der Waals surface area (Å²) >= 11 is 0. The standard InChI is InChI=1S/C22H41N5O4Si2/c1-21(2,3)32(7,8)26-18-15-19(24-12-23-18)27(13-25-15)20-17(29)16(28)14(31-20)11-30-33(9,10)22(4,5)6/h12-14,16-17,20,28-29H,11H2,1-10H3,(H,23,24,26)/t14-,16-,17-,20-/m1/s1. The molecule has 33 heavy (non-hydrogen) atoms. The first kappa shape index (κ1) is 26.2. The number of rotatable bonds is 6. The van der Waals surface area contributed by atoms with Crippen LogP contribution in [0.25, 0.3) is 11.2 Å². The van der Waals surface area contributed by atoms with Gasteiger partial charge in [-0.2, -0.15) is 0 Å². The molecule has 0 bridgehead atoms. The molecule has 1 aliphatic rings. The Hall–Kier alpha value is -1.38. The molecule has 1 fully saturated rings. The van der Waals surface area contributed by atoms with Gasteiger partial charge in [-0.1, -0.05) is 54.6 Å². The molecule has 11 heteroatoms. The third-order valence-corrected chi connectivity index (χ3v) is 16.8. The lowest BCUT2D eigenvalue weighted by Gasteiger charge is -2.37. The fraction of sp³-hybridized carbons (Fsp3) is 0.773. The predicted molar refractivity (Wildman–Crippen MR) is 135 cm³/mol. The van der Waals surface area contributed by atoms with E-state index in [4.69, 9.17) is 9.16 Å². The van der Waals surface area contributed by atoms with E-state index in [1.54, 1.807) is 10.9 Å². The van der Waals surface area contributed by atoms with Crippen molar-refractivity contribution in [2.45, 2.75) is 102 Å². The molecule has 0 amide bonds. The maximum atomic E-state index is 10.8. The molecule has 0 aromatic carbocycles. The Kier molecular flexibility index (Phi) is 6.90. The molecule has 3 N–H and O–H groups in total. The largest absolute Gasteiger partial charge is 0.414 e. The van der Waals surface area contributed by atoms with Crippen molar-refractivity contribution in [3.05, 3.63) is 12.7 Å². The molecule has 9 nitrogen and oxygen atoms in total. The van der Waals surface area contributed by atoms with Crippen LogP contribution in [0.5, 0.6) is 0 Å². The number of aliphatic hydroxyl groups excluding tert-OH is 2. The number of nitrogens with one attached hydrogen (secondary N) is 1. The Morgan fingerprint density at radius 2 is 1.64 bits per heavy atom. The molecular formula is C22H41N5O4Si2. The van der Waals surface area contributed by atoms with Crippen LogP contribution in [0.3, 0.4) is 0 Å². The first-order valence-corrected chi connectivity index (χ1v) is 17.5. The van der Waals surface area contributed by atoms with E-state index in [0.717, 1.165) is 0 Å². The third kappa shape index (κ3) is 5.03. The van der Waals surface area contributed by atoms with Gasteiger partial charge in [0.15, 0.2) is 28.4 Å². The van der Waals surface area contributed by atoms with Crippen LogP contribution in [0.1, 0.15) is 47.8 Å². The van der Waals surface area contributed by atoms with Crippen molar-refractivity contribution in [1.82, 2.24) is 19.5 Å². The van der Waals surface area contributed by atoms with Gasteiger partial charge in [-0.25, -0.2) is 15.0 Å². The van der Waals surface area contributed by atoms with Crippen LogP contribution in [0.4, 0.5) is 5.82 Å². The topological polar surface area (TPSA) is 115 Å². The summed E-state index contributed by atoms with van der Waals surface area (Å²) in [5.41, 5.74) is 1.17. The number of hydrogen-bond donors (Lipinski definition) is 3. The molecular weight excluding hydrogens is 454 g/mol. The number of anilines is 1. The van der Waals surface area contributed by atoms with E-state index in [2.05, 4.69) is 87.7 Å². The Morgan fingerprint density at radius 1 is 1.00 bits per heavy atom. The number of nitrogens with zero attached hydrogens (tertiary/aromatic N) is 4. The highest BCUT2D eigenvalue weighted by Gasteiger charge is 2.46. The molecule has 3 heterocycles. The SMILES string of the molecule is CC(C)(C)[Si](C)(C)Nc1ncnc2c1ncn2[C@@H]1O[C@H](CO[Si](C)(C)C(C)(C)C)[C@@H](O)[C@H]1O. The van der Waals surface area contributed by atoms with Crippen LogP contribution in [-0.2, 0) is 9.16 Å². The molecule has 2 aromatic rings. The highest BCUT2D eigenvalue weighted by molar-refractivity contribution is 6.83.